The van der Waals surface area contributed by atoms with Crippen LogP contribution in [0.5, 0.6) is 0 Å². The number of hydrogen-bond acceptors (Lipinski definition) is 2. The molecule has 3 heteroatoms. The minimum atomic E-state index is -0.358. The number of aryl methyl sites for hydroxylation is 2. The lowest BCUT2D eigenvalue weighted by Crippen LogP contribution is -2.43. The van der Waals surface area contributed by atoms with Crippen molar-refractivity contribution in [2.75, 3.05) is 0 Å². The van der Waals surface area contributed by atoms with Crippen LogP contribution >= 0.6 is 0 Å². The molecule has 3 aromatic rings. The first kappa shape index (κ1) is 21.5. The van der Waals surface area contributed by atoms with Crippen molar-refractivity contribution in [3.63, 3.8) is 0 Å². The zero-order valence-electron chi connectivity index (χ0n) is 18.1. The van der Waals surface area contributed by atoms with E-state index in [9.17, 15) is 9.59 Å². The van der Waals surface area contributed by atoms with E-state index < -0.39 is 0 Å². The Kier molecular flexibility index (Phi) is 6.83. The summed E-state index contributed by atoms with van der Waals surface area (Å²) in [6, 6.07) is 25.1. The first-order valence-corrected chi connectivity index (χ1v) is 10.4. The summed E-state index contributed by atoms with van der Waals surface area (Å²) in [6.07, 6.45) is 0.595. The minimum absolute atomic E-state index is 0.150. The molecule has 0 radical (unpaired) electrons. The lowest BCUT2D eigenvalue weighted by molar-refractivity contribution is -0.134. The van der Waals surface area contributed by atoms with Gasteiger partial charge in [0.2, 0.25) is 5.91 Å². The Morgan fingerprint density at radius 2 is 1.30 bits per heavy atom. The summed E-state index contributed by atoms with van der Waals surface area (Å²) < 4.78 is 0. The summed E-state index contributed by atoms with van der Waals surface area (Å²) in [4.78, 5) is 28.8. The summed E-state index contributed by atoms with van der Waals surface area (Å²) in [5.74, 6) is -0.693. The number of imide groups is 1. The molecular weight excluding hydrogens is 370 g/mol. The lowest BCUT2D eigenvalue weighted by Gasteiger charge is -2.31. The highest BCUT2D eigenvalue weighted by Crippen LogP contribution is 2.27. The lowest BCUT2D eigenvalue weighted by atomic mass is 9.95. The van der Waals surface area contributed by atoms with Crippen molar-refractivity contribution in [2.45, 2.75) is 40.2 Å². The Bertz CT molecular complexity index is 991. The third-order valence-electron chi connectivity index (χ3n) is 5.63. The first-order valence-electron chi connectivity index (χ1n) is 10.4. The monoisotopic (exact) mass is 399 g/mol. The Labute approximate surface area is 179 Å². The van der Waals surface area contributed by atoms with Crippen molar-refractivity contribution in [3.05, 3.63) is 107 Å². The van der Waals surface area contributed by atoms with Gasteiger partial charge in [-0.3, -0.25) is 14.5 Å². The fraction of sp³-hybridized carbons (Fsp3) is 0.259. The number of nitrogens with zero attached hydrogens (tertiary/aromatic N) is 1. The van der Waals surface area contributed by atoms with E-state index >= 15 is 0 Å². The third-order valence-corrected chi connectivity index (χ3v) is 5.63. The molecule has 2 atom stereocenters. The van der Waals surface area contributed by atoms with E-state index in [1.807, 2.05) is 107 Å². The van der Waals surface area contributed by atoms with Crippen LogP contribution in [0, 0.1) is 19.8 Å². The Morgan fingerprint density at radius 3 is 1.87 bits per heavy atom. The van der Waals surface area contributed by atoms with Crippen LogP contribution < -0.4 is 0 Å². The largest absolute Gasteiger partial charge is 0.274 e. The van der Waals surface area contributed by atoms with Gasteiger partial charge in [0.1, 0.15) is 0 Å². The van der Waals surface area contributed by atoms with Gasteiger partial charge in [0, 0.05) is 11.5 Å². The summed E-state index contributed by atoms with van der Waals surface area (Å²) in [6.45, 7) is 7.67. The highest BCUT2D eigenvalue weighted by atomic mass is 16.2. The molecule has 2 amide bonds. The van der Waals surface area contributed by atoms with Crippen LogP contribution in [-0.2, 0) is 11.2 Å². The average molecular weight is 400 g/mol. The van der Waals surface area contributed by atoms with Crippen molar-refractivity contribution >= 4 is 11.8 Å². The van der Waals surface area contributed by atoms with Crippen molar-refractivity contribution in [3.8, 4) is 0 Å². The smallest absolute Gasteiger partial charge is 0.261 e. The highest BCUT2D eigenvalue weighted by Gasteiger charge is 2.33. The second-order valence-corrected chi connectivity index (χ2v) is 7.96. The van der Waals surface area contributed by atoms with Crippen LogP contribution in [0.3, 0.4) is 0 Å². The fourth-order valence-electron chi connectivity index (χ4n) is 3.91. The van der Waals surface area contributed by atoms with E-state index in [0.717, 1.165) is 22.3 Å². The van der Waals surface area contributed by atoms with Gasteiger partial charge in [-0.05, 0) is 49.4 Å². The molecule has 1 unspecified atom stereocenters. The zero-order chi connectivity index (χ0) is 21.7. The number of rotatable bonds is 6. The van der Waals surface area contributed by atoms with Crippen LogP contribution in [0.1, 0.15) is 52.5 Å². The molecule has 0 spiro atoms. The number of carbonyl (C=O) groups is 2. The second-order valence-electron chi connectivity index (χ2n) is 7.96. The van der Waals surface area contributed by atoms with Gasteiger partial charge in [-0.15, -0.1) is 0 Å². The molecule has 3 aromatic carbocycles. The van der Waals surface area contributed by atoms with E-state index in [4.69, 9.17) is 0 Å². The molecule has 0 aliphatic carbocycles. The van der Waals surface area contributed by atoms with Crippen LogP contribution in [0.2, 0.25) is 0 Å². The van der Waals surface area contributed by atoms with E-state index in [0.29, 0.717) is 12.0 Å². The molecule has 0 heterocycles. The van der Waals surface area contributed by atoms with E-state index in [2.05, 4.69) is 0 Å². The van der Waals surface area contributed by atoms with Gasteiger partial charge in [0.25, 0.3) is 5.91 Å². The second kappa shape index (κ2) is 9.53. The van der Waals surface area contributed by atoms with Gasteiger partial charge in [-0.1, -0.05) is 85.8 Å². The number of benzene rings is 3. The Morgan fingerprint density at radius 1 is 0.767 bits per heavy atom. The Balaban J connectivity index is 1.98. The fourth-order valence-corrected chi connectivity index (χ4v) is 3.91. The first-order chi connectivity index (χ1) is 14.4. The molecule has 3 rings (SSSR count). The summed E-state index contributed by atoms with van der Waals surface area (Å²) in [5.41, 5.74) is 4.41. The average Bonchev–Trinajstić information content (AvgIpc) is 2.75. The Hall–Kier alpha value is -3.20. The van der Waals surface area contributed by atoms with Gasteiger partial charge in [-0.25, -0.2) is 0 Å². The predicted octanol–water partition coefficient (Wildman–Crippen LogP) is 5.91. The van der Waals surface area contributed by atoms with Crippen LogP contribution in [0.25, 0.3) is 0 Å². The molecule has 0 saturated carbocycles. The van der Waals surface area contributed by atoms with E-state index in [-0.39, 0.29) is 23.8 Å². The SMILES string of the molecule is Cc1cccc(C)c1C(=O)N(C(=O)C(C)Cc1ccccc1)[C@@H](C)c1ccccc1. The summed E-state index contributed by atoms with van der Waals surface area (Å²) in [7, 11) is 0. The van der Waals surface area contributed by atoms with Gasteiger partial charge < -0.3 is 0 Å². The van der Waals surface area contributed by atoms with Crippen molar-refractivity contribution < 1.29 is 9.59 Å². The van der Waals surface area contributed by atoms with Crippen LogP contribution in [0.15, 0.2) is 78.9 Å². The number of hydrogen-bond donors (Lipinski definition) is 0. The quantitative estimate of drug-likeness (QED) is 0.516. The molecule has 0 bridgehead atoms. The van der Waals surface area contributed by atoms with Crippen LogP contribution in [-0.4, -0.2) is 16.7 Å². The molecule has 0 saturated heterocycles. The molecular formula is C27H29NO2. The maximum absolute atomic E-state index is 13.7. The van der Waals surface area contributed by atoms with Crippen molar-refractivity contribution in [1.82, 2.24) is 4.90 Å². The standard InChI is InChI=1S/C27H29NO2/c1-19-12-11-13-20(2)25(19)27(30)28(22(4)24-16-9-6-10-17-24)26(29)21(3)18-23-14-7-5-8-15-23/h5-17,21-22H,18H2,1-4H3/t21?,22-/m0/s1. The predicted molar refractivity (Wildman–Crippen MR) is 121 cm³/mol. The van der Waals surface area contributed by atoms with Gasteiger partial charge in [0.05, 0.1) is 6.04 Å². The van der Waals surface area contributed by atoms with E-state index in [1.165, 1.54) is 4.90 Å². The van der Waals surface area contributed by atoms with Crippen molar-refractivity contribution in [2.24, 2.45) is 5.92 Å². The molecule has 30 heavy (non-hydrogen) atoms. The summed E-state index contributed by atoms with van der Waals surface area (Å²) in [5, 5.41) is 0. The normalized spacial score (nSPS) is 12.8. The molecule has 0 aliphatic heterocycles. The zero-order valence-corrected chi connectivity index (χ0v) is 18.1. The molecule has 0 N–H and O–H groups in total. The van der Waals surface area contributed by atoms with Crippen molar-refractivity contribution in [1.29, 1.82) is 0 Å². The molecule has 0 fully saturated rings. The number of amides is 2. The highest BCUT2D eigenvalue weighted by molar-refractivity contribution is 6.07. The van der Waals surface area contributed by atoms with Gasteiger partial charge in [-0.2, -0.15) is 0 Å². The van der Waals surface area contributed by atoms with Gasteiger partial charge in [0.15, 0.2) is 0 Å². The van der Waals surface area contributed by atoms with Gasteiger partial charge >= 0.3 is 0 Å². The minimum Gasteiger partial charge on any atom is -0.274 e. The maximum atomic E-state index is 13.7. The molecule has 154 valence electrons. The molecule has 0 aliphatic rings. The molecule has 0 aromatic heterocycles. The van der Waals surface area contributed by atoms with Crippen LogP contribution in [0.4, 0.5) is 0 Å². The van der Waals surface area contributed by atoms with E-state index in [1.54, 1.807) is 0 Å². The molecule has 3 nitrogen and oxygen atoms in total. The summed E-state index contributed by atoms with van der Waals surface area (Å²) >= 11 is 0. The number of carbonyl (C=O) groups excluding carboxylic acids is 2. The topological polar surface area (TPSA) is 37.4 Å². The maximum Gasteiger partial charge on any atom is 0.261 e. The third kappa shape index (κ3) is 4.68.